The number of aromatic nitrogens is 2. The Morgan fingerprint density at radius 1 is 1.25 bits per heavy atom. The molecule has 4 nitrogen and oxygen atoms in total. The molecule has 0 fully saturated rings. The van der Waals surface area contributed by atoms with Crippen molar-refractivity contribution in [2.75, 3.05) is 6.61 Å². The van der Waals surface area contributed by atoms with E-state index in [9.17, 15) is 0 Å². The van der Waals surface area contributed by atoms with Crippen molar-refractivity contribution in [3.8, 4) is 5.75 Å². The Morgan fingerprint density at radius 2 is 2.00 bits per heavy atom. The van der Waals surface area contributed by atoms with Gasteiger partial charge >= 0.3 is 0 Å². The predicted octanol–water partition coefficient (Wildman–Crippen LogP) is 3.13. The van der Waals surface area contributed by atoms with Gasteiger partial charge in [-0.05, 0) is 31.0 Å². The SMILES string of the molecule is CCCCOc1ccc(C(N)c2nccn2CC)cc1. The average Bonchev–Trinajstić information content (AvgIpc) is 2.96. The van der Waals surface area contributed by atoms with Crippen LogP contribution in [0.2, 0.25) is 0 Å². The molecule has 2 rings (SSSR count). The van der Waals surface area contributed by atoms with Crippen molar-refractivity contribution in [2.24, 2.45) is 5.73 Å². The molecule has 1 atom stereocenters. The first-order valence-corrected chi connectivity index (χ1v) is 7.25. The van der Waals surface area contributed by atoms with E-state index in [1.807, 2.05) is 30.5 Å². The number of hydrogen-bond donors (Lipinski definition) is 1. The molecule has 0 aliphatic rings. The molecule has 1 unspecified atom stereocenters. The third-order valence-electron chi connectivity index (χ3n) is 3.37. The molecule has 0 saturated carbocycles. The lowest BCUT2D eigenvalue weighted by atomic mass is 10.1. The van der Waals surface area contributed by atoms with E-state index >= 15 is 0 Å². The van der Waals surface area contributed by atoms with E-state index in [2.05, 4.69) is 23.4 Å². The zero-order valence-corrected chi connectivity index (χ0v) is 12.2. The van der Waals surface area contributed by atoms with Gasteiger partial charge in [-0.1, -0.05) is 25.5 Å². The first kappa shape index (κ1) is 14.6. The first-order valence-electron chi connectivity index (χ1n) is 7.25. The number of rotatable bonds is 7. The highest BCUT2D eigenvalue weighted by Crippen LogP contribution is 2.21. The van der Waals surface area contributed by atoms with Gasteiger partial charge in [-0.3, -0.25) is 0 Å². The summed E-state index contributed by atoms with van der Waals surface area (Å²) in [7, 11) is 0. The quantitative estimate of drug-likeness (QED) is 0.788. The number of ether oxygens (including phenoxy) is 1. The Kier molecular flexibility index (Phi) is 5.18. The number of nitrogens with two attached hydrogens (primary N) is 1. The third-order valence-corrected chi connectivity index (χ3v) is 3.37. The largest absolute Gasteiger partial charge is 0.494 e. The molecule has 0 bridgehead atoms. The maximum atomic E-state index is 6.28. The summed E-state index contributed by atoms with van der Waals surface area (Å²) in [6, 6.07) is 7.78. The lowest BCUT2D eigenvalue weighted by Crippen LogP contribution is -2.17. The van der Waals surface area contributed by atoms with Crippen molar-refractivity contribution in [3.05, 3.63) is 48.0 Å². The number of aryl methyl sites for hydroxylation is 1. The van der Waals surface area contributed by atoms with Crippen LogP contribution in [-0.4, -0.2) is 16.2 Å². The number of nitrogens with zero attached hydrogens (tertiary/aromatic N) is 2. The van der Waals surface area contributed by atoms with Crippen molar-refractivity contribution in [1.82, 2.24) is 9.55 Å². The van der Waals surface area contributed by atoms with E-state index in [0.717, 1.165) is 43.1 Å². The second kappa shape index (κ2) is 7.10. The first-order chi connectivity index (χ1) is 9.76. The molecule has 0 aliphatic heterocycles. The molecular weight excluding hydrogens is 250 g/mol. The summed E-state index contributed by atoms with van der Waals surface area (Å²) in [5.41, 5.74) is 7.33. The van der Waals surface area contributed by atoms with Crippen molar-refractivity contribution in [2.45, 2.75) is 39.3 Å². The molecule has 4 heteroatoms. The predicted molar refractivity (Wildman–Crippen MR) is 80.8 cm³/mol. The summed E-state index contributed by atoms with van der Waals surface area (Å²) < 4.78 is 7.72. The maximum Gasteiger partial charge on any atom is 0.130 e. The number of unbranched alkanes of at least 4 members (excludes halogenated alkanes) is 1. The highest BCUT2D eigenvalue weighted by Gasteiger charge is 2.14. The summed E-state index contributed by atoms with van der Waals surface area (Å²) in [6.07, 6.45) is 5.97. The van der Waals surface area contributed by atoms with E-state index < -0.39 is 0 Å². The molecule has 2 N–H and O–H groups in total. The van der Waals surface area contributed by atoms with Crippen molar-refractivity contribution in [3.63, 3.8) is 0 Å². The fraction of sp³-hybridized carbons (Fsp3) is 0.438. The Labute approximate surface area is 120 Å². The van der Waals surface area contributed by atoms with Gasteiger partial charge in [-0.15, -0.1) is 0 Å². The summed E-state index contributed by atoms with van der Waals surface area (Å²) in [6.45, 7) is 5.88. The molecule has 0 spiro atoms. The van der Waals surface area contributed by atoms with E-state index in [4.69, 9.17) is 10.5 Å². The number of imidazole rings is 1. The van der Waals surface area contributed by atoms with Gasteiger partial charge in [0.25, 0.3) is 0 Å². The molecule has 1 aromatic heterocycles. The summed E-state index contributed by atoms with van der Waals surface area (Å²) in [5, 5.41) is 0. The van der Waals surface area contributed by atoms with Crippen LogP contribution in [0.5, 0.6) is 5.75 Å². The Bertz CT molecular complexity index is 519. The number of benzene rings is 1. The molecule has 20 heavy (non-hydrogen) atoms. The van der Waals surface area contributed by atoms with Gasteiger partial charge in [0.1, 0.15) is 11.6 Å². The molecule has 1 aromatic carbocycles. The monoisotopic (exact) mass is 273 g/mol. The van der Waals surface area contributed by atoms with Crippen LogP contribution in [-0.2, 0) is 6.54 Å². The third kappa shape index (κ3) is 3.39. The topological polar surface area (TPSA) is 53.1 Å². The van der Waals surface area contributed by atoms with Crippen LogP contribution < -0.4 is 10.5 Å². The minimum Gasteiger partial charge on any atom is -0.494 e. The maximum absolute atomic E-state index is 6.28. The second-order valence-electron chi connectivity index (χ2n) is 4.82. The van der Waals surface area contributed by atoms with Crippen molar-refractivity contribution >= 4 is 0 Å². The second-order valence-corrected chi connectivity index (χ2v) is 4.82. The number of hydrogen-bond acceptors (Lipinski definition) is 3. The van der Waals surface area contributed by atoms with E-state index in [1.54, 1.807) is 6.20 Å². The zero-order chi connectivity index (χ0) is 14.4. The van der Waals surface area contributed by atoms with Gasteiger partial charge in [0.2, 0.25) is 0 Å². The highest BCUT2D eigenvalue weighted by molar-refractivity contribution is 5.31. The van der Waals surface area contributed by atoms with E-state index in [0.29, 0.717) is 0 Å². The van der Waals surface area contributed by atoms with Crippen LogP contribution in [0.25, 0.3) is 0 Å². The molecular formula is C16H23N3O. The fourth-order valence-electron chi connectivity index (χ4n) is 2.12. The zero-order valence-electron chi connectivity index (χ0n) is 12.2. The molecule has 1 heterocycles. The molecule has 2 aromatic rings. The minimum absolute atomic E-state index is 0.199. The molecule has 0 amide bonds. The lowest BCUT2D eigenvalue weighted by Gasteiger charge is -2.14. The van der Waals surface area contributed by atoms with Gasteiger partial charge in [0, 0.05) is 18.9 Å². The van der Waals surface area contributed by atoms with Crippen LogP contribution in [0.1, 0.15) is 44.1 Å². The van der Waals surface area contributed by atoms with Gasteiger partial charge in [0.05, 0.1) is 12.6 Å². The summed E-state index contributed by atoms with van der Waals surface area (Å²) in [5.74, 6) is 1.79. The van der Waals surface area contributed by atoms with Crippen LogP contribution in [0.15, 0.2) is 36.7 Å². The van der Waals surface area contributed by atoms with Crippen LogP contribution in [0, 0.1) is 0 Å². The van der Waals surface area contributed by atoms with Crippen molar-refractivity contribution in [1.29, 1.82) is 0 Å². The molecule has 0 saturated heterocycles. The molecule has 108 valence electrons. The summed E-state index contributed by atoms with van der Waals surface area (Å²) >= 11 is 0. The van der Waals surface area contributed by atoms with Gasteiger partial charge in [-0.2, -0.15) is 0 Å². The van der Waals surface area contributed by atoms with Gasteiger partial charge < -0.3 is 15.0 Å². The molecule has 0 radical (unpaired) electrons. The lowest BCUT2D eigenvalue weighted by molar-refractivity contribution is 0.309. The van der Waals surface area contributed by atoms with E-state index in [1.165, 1.54) is 0 Å². The fourth-order valence-corrected chi connectivity index (χ4v) is 2.12. The normalized spacial score (nSPS) is 12.3. The Balaban J connectivity index is 2.05. The van der Waals surface area contributed by atoms with Crippen molar-refractivity contribution < 1.29 is 4.74 Å². The highest BCUT2D eigenvalue weighted by atomic mass is 16.5. The smallest absolute Gasteiger partial charge is 0.130 e. The van der Waals surface area contributed by atoms with Crippen LogP contribution >= 0.6 is 0 Å². The minimum atomic E-state index is -0.199. The molecule has 0 aliphatic carbocycles. The Morgan fingerprint density at radius 3 is 2.65 bits per heavy atom. The van der Waals surface area contributed by atoms with Crippen LogP contribution in [0.3, 0.4) is 0 Å². The van der Waals surface area contributed by atoms with Crippen LogP contribution in [0.4, 0.5) is 0 Å². The summed E-state index contributed by atoms with van der Waals surface area (Å²) in [4.78, 5) is 4.35. The van der Waals surface area contributed by atoms with Gasteiger partial charge in [-0.25, -0.2) is 4.98 Å². The van der Waals surface area contributed by atoms with Gasteiger partial charge in [0.15, 0.2) is 0 Å². The Hall–Kier alpha value is -1.81. The van der Waals surface area contributed by atoms with E-state index in [-0.39, 0.29) is 6.04 Å². The standard InChI is InChI=1S/C16H23N3O/c1-3-5-12-20-14-8-6-13(7-9-14)15(17)16-18-10-11-19(16)4-2/h6-11,15H,3-5,12,17H2,1-2H3. The average molecular weight is 273 g/mol.